The molecule has 0 radical (unpaired) electrons. The topological polar surface area (TPSA) is 12.0 Å². The first-order valence-electron chi connectivity index (χ1n) is 6.05. The zero-order chi connectivity index (χ0) is 12.4. The minimum atomic E-state index is 0.536. The summed E-state index contributed by atoms with van der Waals surface area (Å²) in [7, 11) is 0. The molecule has 92 valence electrons. The van der Waals surface area contributed by atoms with E-state index in [-0.39, 0.29) is 0 Å². The van der Waals surface area contributed by atoms with E-state index in [2.05, 4.69) is 60.2 Å². The van der Waals surface area contributed by atoms with E-state index >= 15 is 0 Å². The van der Waals surface area contributed by atoms with Crippen molar-refractivity contribution < 1.29 is 0 Å². The van der Waals surface area contributed by atoms with Crippen molar-refractivity contribution >= 4 is 37.4 Å². The summed E-state index contributed by atoms with van der Waals surface area (Å²) in [5, 5.41) is 4.92. The molecule has 0 atom stereocenters. The minimum absolute atomic E-state index is 0.536. The molecule has 0 saturated carbocycles. The van der Waals surface area contributed by atoms with Crippen molar-refractivity contribution in [3.63, 3.8) is 0 Å². The molecular weight excluding hydrogens is 294 g/mol. The molecular formula is C14H18BrNS. The molecule has 0 fully saturated rings. The first-order valence-corrected chi connectivity index (χ1v) is 7.66. The molecule has 0 aliphatic rings. The largest absolute Gasteiger partial charge is 0.310 e. The van der Waals surface area contributed by atoms with Crippen molar-refractivity contribution in [1.29, 1.82) is 0 Å². The summed E-state index contributed by atoms with van der Waals surface area (Å²) < 4.78 is 2.59. The van der Waals surface area contributed by atoms with E-state index in [9.17, 15) is 0 Å². The van der Waals surface area contributed by atoms with Crippen molar-refractivity contribution in [2.45, 2.75) is 39.8 Å². The van der Waals surface area contributed by atoms with Crippen molar-refractivity contribution in [2.24, 2.45) is 0 Å². The second-order valence-electron chi connectivity index (χ2n) is 4.51. The molecule has 1 nitrogen and oxygen atoms in total. The van der Waals surface area contributed by atoms with Gasteiger partial charge >= 0.3 is 0 Å². The summed E-state index contributed by atoms with van der Waals surface area (Å²) in [6.07, 6.45) is 1.10. The van der Waals surface area contributed by atoms with Gasteiger partial charge in [0.05, 0.1) is 0 Å². The van der Waals surface area contributed by atoms with Gasteiger partial charge in [-0.15, -0.1) is 11.3 Å². The van der Waals surface area contributed by atoms with E-state index in [4.69, 9.17) is 0 Å². The highest BCUT2D eigenvalue weighted by Crippen LogP contribution is 2.36. The lowest BCUT2D eigenvalue weighted by molar-refractivity contribution is 0.591. The third kappa shape index (κ3) is 2.72. The summed E-state index contributed by atoms with van der Waals surface area (Å²) in [6.45, 7) is 7.59. The lowest BCUT2D eigenvalue weighted by atomic mass is 10.1. The molecule has 0 amide bonds. The fourth-order valence-electron chi connectivity index (χ4n) is 2.01. The van der Waals surface area contributed by atoms with Gasteiger partial charge in [-0.05, 0) is 39.4 Å². The molecule has 0 aliphatic carbocycles. The fraction of sp³-hybridized carbons (Fsp3) is 0.429. The molecule has 1 aromatic heterocycles. The van der Waals surface area contributed by atoms with Crippen LogP contribution in [0.15, 0.2) is 22.7 Å². The van der Waals surface area contributed by atoms with Gasteiger partial charge in [-0.25, -0.2) is 0 Å². The quantitative estimate of drug-likeness (QED) is 0.861. The number of aryl methyl sites for hydroxylation is 1. The number of benzene rings is 1. The van der Waals surface area contributed by atoms with E-state index in [1.165, 1.54) is 25.0 Å². The molecule has 0 spiro atoms. The normalized spacial score (nSPS) is 11.6. The average Bonchev–Trinajstić information content (AvgIpc) is 2.65. The van der Waals surface area contributed by atoms with Crippen molar-refractivity contribution in [3.8, 4) is 0 Å². The Morgan fingerprint density at radius 2 is 2.12 bits per heavy atom. The molecule has 2 rings (SSSR count). The Labute approximate surface area is 115 Å². The number of thiophene rings is 1. The monoisotopic (exact) mass is 311 g/mol. The van der Waals surface area contributed by atoms with Crippen LogP contribution in [0.25, 0.3) is 10.1 Å². The summed E-state index contributed by atoms with van der Waals surface area (Å²) in [5.74, 6) is 0. The Morgan fingerprint density at radius 3 is 2.76 bits per heavy atom. The van der Waals surface area contributed by atoms with Crippen LogP contribution >= 0.6 is 27.3 Å². The van der Waals surface area contributed by atoms with Crippen molar-refractivity contribution in [1.82, 2.24) is 5.32 Å². The Hall–Kier alpha value is -0.380. The maximum absolute atomic E-state index is 3.64. The maximum atomic E-state index is 3.64. The molecule has 1 aromatic carbocycles. The van der Waals surface area contributed by atoms with Crippen molar-refractivity contribution in [2.75, 3.05) is 0 Å². The van der Waals surface area contributed by atoms with Gasteiger partial charge in [0.25, 0.3) is 0 Å². The van der Waals surface area contributed by atoms with Crippen LogP contribution in [0.5, 0.6) is 0 Å². The van der Waals surface area contributed by atoms with E-state index < -0.39 is 0 Å². The molecule has 0 aliphatic heterocycles. The van der Waals surface area contributed by atoms with Crippen LogP contribution in [0.3, 0.4) is 0 Å². The van der Waals surface area contributed by atoms with Crippen LogP contribution in [-0.4, -0.2) is 6.04 Å². The first-order chi connectivity index (χ1) is 8.13. The third-order valence-corrected chi connectivity index (χ3v) is 5.08. The highest BCUT2D eigenvalue weighted by atomic mass is 79.9. The second kappa shape index (κ2) is 5.51. The Kier molecular flexibility index (Phi) is 4.23. The number of hydrogen-bond acceptors (Lipinski definition) is 2. The van der Waals surface area contributed by atoms with Gasteiger partial charge in [0, 0.05) is 26.6 Å². The second-order valence-corrected chi connectivity index (χ2v) is 6.47. The molecule has 3 heteroatoms. The average molecular weight is 312 g/mol. The predicted octanol–water partition coefficient (Wildman–Crippen LogP) is 4.72. The number of nitrogens with one attached hydrogen (secondary N) is 1. The Balaban J connectivity index is 2.44. The molecule has 0 bridgehead atoms. The summed E-state index contributed by atoms with van der Waals surface area (Å²) in [5.41, 5.74) is 1.50. The van der Waals surface area contributed by atoms with Crippen LogP contribution in [0.1, 0.15) is 31.2 Å². The Morgan fingerprint density at radius 1 is 1.35 bits per heavy atom. The lowest BCUT2D eigenvalue weighted by Crippen LogP contribution is -2.21. The number of hydrogen-bond donors (Lipinski definition) is 1. The molecule has 17 heavy (non-hydrogen) atoms. The number of rotatable bonds is 4. The summed E-state index contributed by atoms with van der Waals surface area (Å²) >= 11 is 5.55. The fourth-order valence-corrected chi connectivity index (χ4v) is 3.87. The molecule has 0 unspecified atom stereocenters. The molecule has 2 aromatic rings. The number of fused-ring (bicyclic) bond motifs is 1. The first kappa shape index (κ1) is 13.1. The van der Waals surface area contributed by atoms with Gasteiger partial charge in [0.1, 0.15) is 0 Å². The van der Waals surface area contributed by atoms with E-state index in [0.29, 0.717) is 6.04 Å². The van der Waals surface area contributed by atoms with Gasteiger partial charge in [0.15, 0.2) is 0 Å². The van der Waals surface area contributed by atoms with Crippen LogP contribution in [0, 0.1) is 0 Å². The van der Waals surface area contributed by atoms with Gasteiger partial charge in [-0.1, -0.05) is 32.9 Å². The molecule has 1 heterocycles. The van der Waals surface area contributed by atoms with Crippen molar-refractivity contribution in [3.05, 3.63) is 33.1 Å². The van der Waals surface area contributed by atoms with Gasteiger partial charge in [-0.2, -0.15) is 0 Å². The van der Waals surface area contributed by atoms with Crippen LogP contribution in [0.4, 0.5) is 0 Å². The van der Waals surface area contributed by atoms with Crippen LogP contribution in [-0.2, 0) is 13.0 Å². The standard InChI is InChI=1S/C14H18BrNS/c1-4-10-11-6-5-7-12(15)14(11)17-13(10)8-16-9(2)3/h5-7,9,16H,4,8H2,1-3H3. The highest BCUT2D eigenvalue weighted by Gasteiger charge is 2.12. The Bertz CT molecular complexity index is 516. The SMILES string of the molecule is CCc1c(CNC(C)C)sc2c(Br)cccc12. The lowest BCUT2D eigenvalue weighted by Gasteiger charge is -2.07. The molecule has 0 saturated heterocycles. The van der Waals surface area contributed by atoms with E-state index in [1.54, 1.807) is 0 Å². The van der Waals surface area contributed by atoms with Gasteiger partial charge < -0.3 is 5.32 Å². The van der Waals surface area contributed by atoms with E-state index in [1.807, 2.05) is 11.3 Å². The zero-order valence-corrected chi connectivity index (χ0v) is 12.9. The predicted molar refractivity (Wildman–Crippen MR) is 80.9 cm³/mol. The highest BCUT2D eigenvalue weighted by molar-refractivity contribution is 9.10. The van der Waals surface area contributed by atoms with Gasteiger partial charge in [0.2, 0.25) is 0 Å². The van der Waals surface area contributed by atoms with Crippen LogP contribution < -0.4 is 5.32 Å². The minimum Gasteiger partial charge on any atom is -0.310 e. The zero-order valence-electron chi connectivity index (χ0n) is 10.5. The van der Waals surface area contributed by atoms with Gasteiger partial charge in [-0.3, -0.25) is 0 Å². The summed E-state index contributed by atoms with van der Waals surface area (Å²) in [6, 6.07) is 7.01. The maximum Gasteiger partial charge on any atom is 0.0491 e. The smallest absolute Gasteiger partial charge is 0.0491 e. The third-order valence-electron chi connectivity index (χ3n) is 2.88. The summed E-state index contributed by atoms with van der Waals surface area (Å²) in [4.78, 5) is 1.48. The number of halogens is 1. The molecule has 1 N–H and O–H groups in total. The van der Waals surface area contributed by atoms with E-state index in [0.717, 1.165) is 13.0 Å². The van der Waals surface area contributed by atoms with Crippen LogP contribution in [0.2, 0.25) is 0 Å².